The monoisotopic (exact) mass is 266 g/mol. The quantitative estimate of drug-likeness (QED) is 0.880. The van der Waals surface area contributed by atoms with Crippen LogP contribution in [0, 0.1) is 0 Å². The summed E-state index contributed by atoms with van der Waals surface area (Å²) in [5.74, 6) is 0.704. The molecule has 1 fully saturated rings. The molecule has 0 aromatic carbocycles. The van der Waals surface area contributed by atoms with Crippen LogP contribution < -0.4 is 5.73 Å². The van der Waals surface area contributed by atoms with Crippen LogP contribution in [0.25, 0.3) is 0 Å². The molecule has 0 atom stereocenters. The van der Waals surface area contributed by atoms with Gasteiger partial charge in [0.05, 0.1) is 10.7 Å². The normalized spacial score (nSPS) is 18.2. The number of nitrogens with zero attached hydrogens (tertiary/aromatic N) is 1. The van der Waals surface area contributed by atoms with E-state index in [1.54, 1.807) is 0 Å². The summed E-state index contributed by atoms with van der Waals surface area (Å²) in [6, 6.07) is 0. The molecule has 0 unspecified atom stereocenters. The topological polar surface area (TPSA) is 38.9 Å². The van der Waals surface area contributed by atoms with Crippen molar-refractivity contribution in [1.29, 1.82) is 0 Å². The Morgan fingerprint density at radius 1 is 1.28 bits per heavy atom. The molecule has 0 aliphatic heterocycles. The molecular weight excluding hydrogens is 240 g/mol. The van der Waals surface area contributed by atoms with Crippen molar-refractivity contribution in [3.8, 4) is 0 Å². The van der Waals surface area contributed by atoms with E-state index in [1.807, 2.05) is 11.3 Å². The number of aromatic nitrogens is 1. The van der Waals surface area contributed by atoms with Gasteiger partial charge < -0.3 is 5.73 Å². The summed E-state index contributed by atoms with van der Waals surface area (Å²) in [4.78, 5) is 6.24. The van der Waals surface area contributed by atoms with Crippen molar-refractivity contribution in [3.63, 3.8) is 0 Å². The molecule has 1 aliphatic rings. The summed E-state index contributed by atoms with van der Waals surface area (Å²) in [6.07, 6.45) is 9.01. The van der Waals surface area contributed by atoms with Crippen LogP contribution in [0.3, 0.4) is 0 Å². The van der Waals surface area contributed by atoms with E-state index in [4.69, 9.17) is 10.7 Å². The van der Waals surface area contributed by atoms with Crippen LogP contribution in [0.15, 0.2) is 0 Å². The van der Waals surface area contributed by atoms with E-state index in [9.17, 15) is 0 Å². The van der Waals surface area contributed by atoms with E-state index in [2.05, 4.69) is 20.8 Å². The second kappa shape index (κ2) is 5.70. The molecule has 18 heavy (non-hydrogen) atoms. The van der Waals surface area contributed by atoms with Gasteiger partial charge in [-0.15, -0.1) is 11.3 Å². The van der Waals surface area contributed by atoms with Crippen LogP contribution in [0.4, 0.5) is 0 Å². The maximum Gasteiger partial charge on any atom is 0.0962 e. The van der Waals surface area contributed by atoms with Crippen LogP contribution in [-0.2, 0) is 12.0 Å². The van der Waals surface area contributed by atoms with Gasteiger partial charge in [0.2, 0.25) is 0 Å². The van der Waals surface area contributed by atoms with Crippen molar-refractivity contribution in [2.24, 2.45) is 5.73 Å². The van der Waals surface area contributed by atoms with E-state index in [1.165, 1.54) is 47.7 Å². The largest absolute Gasteiger partial charge is 0.321 e. The third kappa shape index (κ3) is 3.12. The van der Waals surface area contributed by atoms with Gasteiger partial charge in [0.15, 0.2) is 0 Å². The number of rotatable bonds is 4. The van der Waals surface area contributed by atoms with Crippen LogP contribution in [0.1, 0.15) is 80.8 Å². The van der Waals surface area contributed by atoms with Crippen molar-refractivity contribution in [2.75, 3.05) is 0 Å². The molecule has 1 aromatic rings. The Morgan fingerprint density at radius 3 is 2.50 bits per heavy atom. The third-order valence-corrected chi connectivity index (χ3v) is 5.34. The predicted octanol–water partition coefficient (Wildman–Crippen LogP) is 4.34. The summed E-state index contributed by atoms with van der Waals surface area (Å²) in [7, 11) is 0. The molecular formula is C15H26N2S. The molecule has 1 aromatic heterocycles. The lowest BCUT2D eigenvalue weighted by molar-refractivity contribution is 0.442. The molecule has 2 rings (SSSR count). The molecule has 0 radical (unpaired) electrons. The first-order valence-corrected chi connectivity index (χ1v) is 8.13. The second-order valence-electron chi connectivity index (χ2n) is 6.13. The Balaban J connectivity index is 2.26. The third-order valence-electron chi connectivity index (χ3n) is 3.74. The van der Waals surface area contributed by atoms with Gasteiger partial charge in [0, 0.05) is 16.3 Å². The van der Waals surface area contributed by atoms with Crippen molar-refractivity contribution in [1.82, 2.24) is 4.98 Å². The fraction of sp³-hybridized carbons (Fsp3) is 0.800. The van der Waals surface area contributed by atoms with Crippen LogP contribution in [-0.4, -0.2) is 4.98 Å². The van der Waals surface area contributed by atoms with Gasteiger partial charge in [-0.1, -0.05) is 32.6 Å². The van der Waals surface area contributed by atoms with E-state index < -0.39 is 0 Å². The Kier molecular flexibility index (Phi) is 4.44. The Hall–Kier alpha value is -0.410. The maximum atomic E-state index is 6.30. The summed E-state index contributed by atoms with van der Waals surface area (Å²) >= 11 is 1.88. The van der Waals surface area contributed by atoms with Crippen molar-refractivity contribution in [3.05, 3.63) is 15.6 Å². The Morgan fingerprint density at radius 2 is 1.94 bits per heavy atom. The first-order chi connectivity index (χ1) is 8.52. The molecule has 102 valence electrons. The lowest BCUT2D eigenvalue weighted by atomic mass is 9.90. The van der Waals surface area contributed by atoms with Gasteiger partial charge >= 0.3 is 0 Å². The highest BCUT2D eigenvalue weighted by atomic mass is 32.1. The molecule has 0 bridgehead atoms. The highest BCUT2D eigenvalue weighted by molar-refractivity contribution is 7.12. The highest BCUT2D eigenvalue weighted by Gasteiger charge is 2.26. The van der Waals surface area contributed by atoms with Gasteiger partial charge in [0.1, 0.15) is 0 Å². The number of hydrogen-bond acceptors (Lipinski definition) is 3. The van der Waals surface area contributed by atoms with Gasteiger partial charge in [-0.3, -0.25) is 0 Å². The molecule has 2 nitrogen and oxygen atoms in total. The van der Waals surface area contributed by atoms with E-state index in [-0.39, 0.29) is 5.54 Å². The summed E-state index contributed by atoms with van der Waals surface area (Å²) in [6.45, 7) is 6.42. The van der Waals surface area contributed by atoms with Gasteiger partial charge in [-0.2, -0.15) is 0 Å². The molecule has 2 N–H and O–H groups in total. The standard InChI is InChI=1S/C15H26N2S/c1-4-8-12-13(15(2,3)16)18-14(17-12)11-9-6-5-7-10-11/h11H,4-10,16H2,1-3H3. The van der Waals surface area contributed by atoms with E-state index in [0.29, 0.717) is 5.92 Å². The molecule has 1 aliphatic carbocycles. The highest BCUT2D eigenvalue weighted by Crippen LogP contribution is 2.38. The molecule has 0 amide bonds. The maximum absolute atomic E-state index is 6.30. The number of hydrogen-bond donors (Lipinski definition) is 1. The van der Waals surface area contributed by atoms with Crippen molar-refractivity contribution in [2.45, 2.75) is 77.2 Å². The SMILES string of the molecule is CCCc1nc(C2CCCCC2)sc1C(C)(C)N. The minimum atomic E-state index is -0.241. The fourth-order valence-electron chi connectivity index (χ4n) is 2.80. The number of nitrogens with two attached hydrogens (primary N) is 1. The molecule has 0 saturated heterocycles. The fourth-order valence-corrected chi connectivity index (χ4v) is 4.10. The molecule has 0 spiro atoms. The summed E-state index contributed by atoms with van der Waals surface area (Å²) < 4.78 is 0. The van der Waals surface area contributed by atoms with Crippen molar-refractivity contribution >= 4 is 11.3 Å². The first kappa shape index (κ1) is 14.0. The second-order valence-corrected chi connectivity index (χ2v) is 7.17. The average molecular weight is 266 g/mol. The minimum absolute atomic E-state index is 0.241. The van der Waals surface area contributed by atoms with E-state index >= 15 is 0 Å². The molecule has 1 saturated carbocycles. The molecule has 3 heteroatoms. The molecule has 1 heterocycles. The zero-order valence-corrected chi connectivity index (χ0v) is 12.8. The lowest BCUT2D eigenvalue weighted by Crippen LogP contribution is -2.28. The van der Waals surface area contributed by atoms with Crippen LogP contribution >= 0.6 is 11.3 Å². The Bertz CT molecular complexity index is 384. The minimum Gasteiger partial charge on any atom is -0.321 e. The predicted molar refractivity (Wildman–Crippen MR) is 79.1 cm³/mol. The van der Waals surface area contributed by atoms with Crippen LogP contribution in [0.2, 0.25) is 0 Å². The van der Waals surface area contributed by atoms with E-state index in [0.717, 1.165) is 12.8 Å². The Labute approximate surface area is 115 Å². The average Bonchev–Trinajstić information content (AvgIpc) is 2.75. The van der Waals surface area contributed by atoms with Crippen molar-refractivity contribution < 1.29 is 0 Å². The lowest BCUT2D eigenvalue weighted by Gasteiger charge is -2.19. The zero-order chi connectivity index (χ0) is 13.2. The van der Waals surface area contributed by atoms with Gasteiger partial charge in [0.25, 0.3) is 0 Å². The van der Waals surface area contributed by atoms with Gasteiger partial charge in [-0.05, 0) is 33.1 Å². The number of thiazole rings is 1. The summed E-state index contributed by atoms with van der Waals surface area (Å²) in [5.41, 5.74) is 7.32. The smallest absolute Gasteiger partial charge is 0.0962 e. The van der Waals surface area contributed by atoms with Crippen LogP contribution in [0.5, 0.6) is 0 Å². The number of aryl methyl sites for hydroxylation is 1. The van der Waals surface area contributed by atoms with Gasteiger partial charge in [-0.25, -0.2) is 4.98 Å². The zero-order valence-electron chi connectivity index (χ0n) is 12.0. The summed E-state index contributed by atoms with van der Waals surface area (Å²) in [5, 5.41) is 1.35. The first-order valence-electron chi connectivity index (χ1n) is 7.31.